The molecular formula is C15H14ClN3S2. The van der Waals surface area contributed by atoms with Crippen molar-refractivity contribution in [1.29, 1.82) is 0 Å². The molecule has 0 saturated heterocycles. The predicted octanol–water partition coefficient (Wildman–Crippen LogP) is 4.89. The van der Waals surface area contributed by atoms with Gasteiger partial charge in [-0.25, -0.2) is 9.97 Å². The Balaban J connectivity index is 1.85. The molecule has 0 unspecified atom stereocenters. The van der Waals surface area contributed by atoms with Gasteiger partial charge in [0.25, 0.3) is 0 Å². The maximum absolute atomic E-state index is 6.21. The monoisotopic (exact) mass is 335 g/mol. The summed E-state index contributed by atoms with van der Waals surface area (Å²) in [5.74, 6) is 0.820. The summed E-state index contributed by atoms with van der Waals surface area (Å²) in [6, 6.07) is 5.92. The van der Waals surface area contributed by atoms with Crippen molar-refractivity contribution in [2.45, 2.75) is 24.8 Å². The number of aryl methyl sites for hydroxylation is 1. The highest BCUT2D eigenvalue weighted by atomic mass is 35.5. The Morgan fingerprint density at radius 1 is 1.33 bits per heavy atom. The minimum Gasteiger partial charge on any atom is -0.295 e. The third-order valence-corrected chi connectivity index (χ3v) is 5.35. The van der Waals surface area contributed by atoms with Crippen LogP contribution < -0.4 is 0 Å². The molecule has 0 amide bonds. The molecular weight excluding hydrogens is 322 g/mol. The summed E-state index contributed by atoms with van der Waals surface area (Å²) in [7, 11) is 0. The molecule has 1 aromatic carbocycles. The maximum atomic E-state index is 6.21. The van der Waals surface area contributed by atoms with Crippen molar-refractivity contribution in [3.8, 4) is 5.69 Å². The standard InChI is InChI=1S/C15H14ClN3S2/c1-10-13(16)4-3-5-14(10)19-7-6-17-15(19)21-9-12-8-20-11(2)18-12/h3-8H,9H2,1-2H3. The number of nitrogens with zero attached hydrogens (tertiary/aromatic N) is 3. The van der Waals surface area contributed by atoms with E-state index in [4.69, 9.17) is 11.6 Å². The van der Waals surface area contributed by atoms with E-state index in [2.05, 4.69) is 26.0 Å². The van der Waals surface area contributed by atoms with Gasteiger partial charge in [-0.3, -0.25) is 4.57 Å². The largest absolute Gasteiger partial charge is 0.295 e. The van der Waals surface area contributed by atoms with E-state index in [0.29, 0.717) is 0 Å². The average molecular weight is 336 g/mol. The van der Waals surface area contributed by atoms with E-state index in [1.54, 1.807) is 23.1 Å². The lowest BCUT2D eigenvalue weighted by Gasteiger charge is -2.11. The Kier molecular flexibility index (Phi) is 4.33. The Labute approximate surface area is 137 Å². The molecule has 2 heterocycles. The number of hydrogen-bond acceptors (Lipinski definition) is 4. The van der Waals surface area contributed by atoms with E-state index in [1.807, 2.05) is 38.4 Å². The first-order valence-electron chi connectivity index (χ1n) is 6.48. The molecule has 0 radical (unpaired) electrons. The van der Waals surface area contributed by atoms with Gasteiger partial charge in [0.2, 0.25) is 0 Å². The summed E-state index contributed by atoms with van der Waals surface area (Å²) < 4.78 is 2.07. The Hall–Kier alpha value is -1.30. The van der Waals surface area contributed by atoms with Crippen molar-refractivity contribution in [2.24, 2.45) is 0 Å². The zero-order chi connectivity index (χ0) is 14.8. The van der Waals surface area contributed by atoms with Crippen LogP contribution >= 0.6 is 34.7 Å². The number of thiazole rings is 1. The molecule has 3 rings (SSSR count). The molecule has 0 aliphatic rings. The highest BCUT2D eigenvalue weighted by molar-refractivity contribution is 7.98. The first-order valence-corrected chi connectivity index (χ1v) is 8.72. The fourth-order valence-electron chi connectivity index (χ4n) is 2.05. The third-order valence-electron chi connectivity index (χ3n) is 3.12. The van der Waals surface area contributed by atoms with Gasteiger partial charge >= 0.3 is 0 Å². The first-order chi connectivity index (χ1) is 10.1. The van der Waals surface area contributed by atoms with Gasteiger partial charge < -0.3 is 0 Å². The van der Waals surface area contributed by atoms with E-state index in [9.17, 15) is 0 Å². The number of rotatable bonds is 4. The molecule has 6 heteroatoms. The molecule has 108 valence electrons. The van der Waals surface area contributed by atoms with Crippen molar-refractivity contribution in [3.05, 3.63) is 57.3 Å². The molecule has 0 aliphatic heterocycles. The van der Waals surface area contributed by atoms with E-state index in [-0.39, 0.29) is 0 Å². The van der Waals surface area contributed by atoms with Crippen molar-refractivity contribution in [3.63, 3.8) is 0 Å². The van der Waals surface area contributed by atoms with Gasteiger partial charge in [0, 0.05) is 28.5 Å². The van der Waals surface area contributed by atoms with Crippen LogP contribution in [0.3, 0.4) is 0 Å². The quantitative estimate of drug-likeness (QED) is 0.636. The zero-order valence-electron chi connectivity index (χ0n) is 11.7. The minimum atomic E-state index is 0.771. The van der Waals surface area contributed by atoms with Crippen molar-refractivity contribution < 1.29 is 0 Å². The summed E-state index contributed by atoms with van der Waals surface area (Å²) in [6.45, 7) is 4.05. The molecule has 21 heavy (non-hydrogen) atoms. The van der Waals surface area contributed by atoms with Crippen LogP contribution in [0, 0.1) is 13.8 Å². The molecule has 0 atom stereocenters. The van der Waals surface area contributed by atoms with E-state index < -0.39 is 0 Å². The van der Waals surface area contributed by atoms with Crippen LogP contribution in [0.4, 0.5) is 0 Å². The third kappa shape index (κ3) is 3.15. The van der Waals surface area contributed by atoms with Gasteiger partial charge in [-0.05, 0) is 31.5 Å². The van der Waals surface area contributed by atoms with E-state index >= 15 is 0 Å². The van der Waals surface area contributed by atoms with E-state index in [0.717, 1.165) is 37.9 Å². The first kappa shape index (κ1) is 14.6. The normalized spacial score (nSPS) is 11.0. The maximum Gasteiger partial charge on any atom is 0.172 e. The van der Waals surface area contributed by atoms with Crippen LogP contribution in [-0.4, -0.2) is 14.5 Å². The van der Waals surface area contributed by atoms with Crippen LogP contribution in [0.2, 0.25) is 5.02 Å². The summed E-state index contributed by atoms with van der Waals surface area (Å²) in [4.78, 5) is 8.93. The number of halogens is 1. The van der Waals surface area contributed by atoms with Crippen LogP contribution in [0.15, 0.2) is 41.1 Å². The number of aromatic nitrogens is 3. The average Bonchev–Trinajstić information content (AvgIpc) is 3.08. The lowest BCUT2D eigenvalue weighted by atomic mass is 10.2. The van der Waals surface area contributed by atoms with Crippen LogP contribution in [0.5, 0.6) is 0 Å². The summed E-state index contributed by atoms with van der Waals surface area (Å²) in [6.07, 6.45) is 3.78. The molecule has 0 spiro atoms. The van der Waals surface area contributed by atoms with Gasteiger partial charge in [-0.1, -0.05) is 29.4 Å². The van der Waals surface area contributed by atoms with Gasteiger partial charge in [0.1, 0.15) is 0 Å². The molecule has 2 aromatic heterocycles. The predicted molar refractivity (Wildman–Crippen MR) is 89.7 cm³/mol. The van der Waals surface area contributed by atoms with E-state index in [1.165, 1.54) is 0 Å². The molecule has 0 aliphatic carbocycles. The lowest BCUT2D eigenvalue weighted by molar-refractivity contribution is 0.887. The number of benzene rings is 1. The summed E-state index contributed by atoms with van der Waals surface area (Å²) >= 11 is 9.57. The highest BCUT2D eigenvalue weighted by Gasteiger charge is 2.10. The van der Waals surface area contributed by atoms with Gasteiger partial charge in [0.15, 0.2) is 5.16 Å². The number of thioether (sulfide) groups is 1. The smallest absolute Gasteiger partial charge is 0.172 e. The molecule has 0 N–H and O–H groups in total. The summed E-state index contributed by atoms with van der Waals surface area (Å²) in [5, 5.41) is 4.91. The van der Waals surface area contributed by atoms with Crippen LogP contribution in [0.1, 0.15) is 16.3 Å². The van der Waals surface area contributed by atoms with Gasteiger partial charge in [-0.2, -0.15) is 0 Å². The fourth-order valence-corrected chi connectivity index (χ4v) is 3.80. The molecule has 0 bridgehead atoms. The Morgan fingerprint density at radius 3 is 2.95 bits per heavy atom. The Bertz CT molecular complexity index is 764. The topological polar surface area (TPSA) is 30.7 Å². The van der Waals surface area contributed by atoms with Crippen molar-refractivity contribution >= 4 is 34.7 Å². The second-order valence-corrected chi connectivity index (χ2v) is 7.02. The van der Waals surface area contributed by atoms with Gasteiger partial charge in [-0.15, -0.1) is 11.3 Å². The molecule has 3 aromatic rings. The number of hydrogen-bond donors (Lipinski definition) is 0. The Morgan fingerprint density at radius 2 is 2.19 bits per heavy atom. The van der Waals surface area contributed by atoms with Crippen LogP contribution in [0.25, 0.3) is 5.69 Å². The second-order valence-electron chi connectivity index (χ2n) is 4.61. The SMILES string of the molecule is Cc1nc(CSc2nccn2-c2cccc(Cl)c2C)cs1. The number of imidazole rings is 1. The minimum absolute atomic E-state index is 0.771. The summed E-state index contributed by atoms with van der Waals surface area (Å²) in [5.41, 5.74) is 3.22. The van der Waals surface area contributed by atoms with Crippen molar-refractivity contribution in [2.75, 3.05) is 0 Å². The lowest BCUT2D eigenvalue weighted by Crippen LogP contribution is -1.98. The molecule has 3 nitrogen and oxygen atoms in total. The van der Waals surface area contributed by atoms with Crippen LogP contribution in [-0.2, 0) is 5.75 Å². The van der Waals surface area contributed by atoms with Crippen molar-refractivity contribution in [1.82, 2.24) is 14.5 Å². The zero-order valence-corrected chi connectivity index (χ0v) is 14.1. The molecule has 0 fully saturated rings. The molecule has 0 saturated carbocycles. The highest BCUT2D eigenvalue weighted by Crippen LogP contribution is 2.28. The van der Waals surface area contributed by atoms with Gasteiger partial charge in [0.05, 0.1) is 16.4 Å². The second kappa shape index (κ2) is 6.22. The fraction of sp³-hybridized carbons (Fsp3) is 0.200.